The maximum atomic E-state index is 14.7. The third-order valence-electron chi connectivity index (χ3n) is 8.45. The van der Waals surface area contributed by atoms with Crippen LogP contribution >= 0.6 is 11.8 Å². The van der Waals surface area contributed by atoms with Gasteiger partial charge in [-0.25, -0.2) is 0 Å². The van der Waals surface area contributed by atoms with Crippen LogP contribution in [0.2, 0.25) is 0 Å². The van der Waals surface area contributed by atoms with Gasteiger partial charge in [-0.05, 0) is 50.5 Å². The van der Waals surface area contributed by atoms with Crippen molar-refractivity contribution in [2.75, 3.05) is 13.2 Å². The van der Waals surface area contributed by atoms with Gasteiger partial charge in [-0.3, -0.25) is 14.4 Å². The van der Waals surface area contributed by atoms with Crippen molar-refractivity contribution in [3.05, 3.63) is 48.6 Å². The highest BCUT2D eigenvalue weighted by Crippen LogP contribution is 2.67. The number of aliphatic carboxylic acids is 1. The molecule has 4 rings (SSSR count). The number of fused-ring (bicyclic) bond motifs is 1. The number of hydrogen-bond acceptors (Lipinski definition) is 5. The molecule has 0 aliphatic carbocycles. The average molecular weight is 543 g/mol. The van der Waals surface area contributed by atoms with Crippen molar-refractivity contribution >= 4 is 29.5 Å². The molecule has 3 aliphatic heterocycles. The Morgan fingerprint density at radius 1 is 1.24 bits per heavy atom. The lowest BCUT2D eigenvalue weighted by molar-refractivity contribution is -0.150. The first-order valence-corrected chi connectivity index (χ1v) is 14.5. The van der Waals surface area contributed by atoms with Gasteiger partial charge < -0.3 is 20.0 Å². The predicted octanol–water partition coefficient (Wildman–Crippen LogP) is 4.00. The average Bonchev–Trinajstić information content (AvgIpc) is 3.47. The first-order valence-electron chi connectivity index (χ1n) is 13.6. The molecular weight excluding hydrogens is 500 g/mol. The lowest BCUT2D eigenvalue weighted by Gasteiger charge is -2.46. The molecule has 0 aromatic heterocycles. The monoisotopic (exact) mass is 542 g/mol. The molecule has 208 valence electrons. The van der Waals surface area contributed by atoms with Gasteiger partial charge in [-0.1, -0.05) is 57.2 Å². The molecule has 2 amide bonds. The van der Waals surface area contributed by atoms with E-state index in [4.69, 9.17) is 0 Å². The van der Waals surface area contributed by atoms with Gasteiger partial charge in [0.05, 0.1) is 29.2 Å². The molecule has 1 spiro atoms. The van der Waals surface area contributed by atoms with Crippen LogP contribution in [-0.2, 0) is 20.8 Å². The van der Waals surface area contributed by atoms with Crippen LogP contribution < -0.4 is 0 Å². The SMILES string of the molecule is C=CCN(C(=O)C1N([C@@H](CO)Cc2ccccc2)C(=O)[C@@H]2[C@@H](C(=O)O)[C@H]3CCC12S3)C(C)(C)CC(C)(C)C. The highest BCUT2D eigenvalue weighted by molar-refractivity contribution is 8.02. The standard InChI is InChI=1S/C30H42N2O5S/c1-7-15-31(29(5,6)18-28(2,3)4)26(35)24-30-14-13-21(38-30)22(27(36)37)23(30)25(34)32(24)20(17-33)16-19-11-9-8-10-12-19/h7-12,20-24,33H,1,13-18H2,2-6H3,(H,36,37)/t20-,21-,22+,23+,24?,30?/m1/s1. The van der Waals surface area contributed by atoms with Crippen LogP contribution in [0, 0.1) is 17.3 Å². The zero-order valence-corrected chi connectivity index (χ0v) is 24.0. The summed E-state index contributed by atoms with van der Waals surface area (Å²) >= 11 is 1.53. The molecule has 6 atom stereocenters. The first kappa shape index (κ1) is 28.7. The van der Waals surface area contributed by atoms with Crippen LogP contribution in [0.5, 0.6) is 0 Å². The number of carbonyl (C=O) groups is 3. The van der Waals surface area contributed by atoms with E-state index in [0.717, 1.165) is 12.0 Å². The lowest BCUT2D eigenvalue weighted by atomic mass is 9.71. The number of nitrogens with zero attached hydrogens (tertiary/aromatic N) is 2. The van der Waals surface area contributed by atoms with E-state index in [9.17, 15) is 24.6 Å². The molecule has 3 heterocycles. The summed E-state index contributed by atoms with van der Waals surface area (Å²) in [5.74, 6) is -3.07. The molecule has 8 heteroatoms. The molecule has 1 aromatic carbocycles. The highest BCUT2D eigenvalue weighted by Gasteiger charge is 2.74. The Morgan fingerprint density at radius 2 is 1.89 bits per heavy atom. The summed E-state index contributed by atoms with van der Waals surface area (Å²) in [6.07, 6.45) is 4.11. The number of benzene rings is 1. The van der Waals surface area contributed by atoms with E-state index in [1.807, 2.05) is 49.1 Å². The molecule has 1 aromatic rings. The quantitative estimate of drug-likeness (QED) is 0.434. The number of carbonyl (C=O) groups excluding carboxylic acids is 2. The van der Waals surface area contributed by atoms with Crippen molar-refractivity contribution in [2.24, 2.45) is 17.3 Å². The third-order valence-corrected chi connectivity index (χ3v) is 10.4. The van der Waals surface area contributed by atoms with E-state index in [2.05, 4.69) is 27.4 Å². The number of amides is 2. The summed E-state index contributed by atoms with van der Waals surface area (Å²) in [4.78, 5) is 44.7. The summed E-state index contributed by atoms with van der Waals surface area (Å²) in [7, 11) is 0. The summed E-state index contributed by atoms with van der Waals surface area (Å²) in [5, 5.41) is 20.5. The van der Waals surface area contributed by atoms with Gasteiger partial charge >= 0.3 is 5.97 Å². The summed E-state index contributed by atoms with van der Waals surface area (Å²) < 4.78 is -0.816. The maximum absolute atomic E-state index is 14.7. The van der Waals surface area contributed by atoms with Crippen LogP contribution in [0.15, 0.2) is 43.0 Å². The number of aliphatic hydroxyl groups is 1. The second kappa shape index (κ2) is 10.3. The number of carboxylic acids is 1. The maximum Gasteiger partial charge on any atom is 0.308 e. The van der Waals surface area contributed by atoms with Crippen LogP contribution in [0.1, 0.15) is 59.4 Å². The molecule has 3 fully saturated rings. The van der Waals surface area contributed by atoms with Gasteiger partial charge in [-0.15, -0.1) is 18.3 Å². The molecule has 3 aliphatic rings. The summed E-state index contributed by atoms with van der Waals surface area (Å²) in [5.41, 5.74) is 0.363. The fourth-order valence-electron chi connectivity index (χ4n) is 7.49. The van der Waals surface area contributed by atoms with Gasteiger partial charge in [0.2, 0.25) is 11.8 Å². The van der Waals surface area contributed by atoms with E-state index in [1.165, 1.54) is 11.8 Å². The van der Waals surface area contributed by atoms with Gasteiger partial charge in [0.1, 0.15) is 6.04 Å². The topological polar surface area (TPSA) is 98.2 Å². The number of rotatable bonds is 10. The molecule has 2 N–H and O–H groups in total. The fourth-order valence-corrected chi connectivity index (χ4v) is 9.68. The third kappa shape index (κ3) is 4.90. The largest absolute Gasteiger partial charge is 0.481 e. The Hall–Kier alpha value is -2.32. The van der Waals surface area contributed by atoms with Gasteiger partial charge in [-0.2, -0.15) is 0 Å². The van der Waals surface area contributed by atoms with E-state index in [1.54, 1.807) is 11.0 Å². The molecule has 2 unspecified atom stereocenters. The Labute approximate surface area is 230 Å². The Morgan fingerprint density at radius 3 is 2.45 bits per heavy atom. The van der Waals surface area contributed by atoms with Crippen molar-refractivity contribution in [3.8, 4) is 0 Å². The van der Waals surface area contributed by atoms with Gasteiger partial charge in [0.15, 0.2) is 0 Å². The lowest BCUT2D eigenvalue weighted by Crippen LogP contribution is -2.61. The highest BCUT2D eigenvalue weighted by atomic mass is 32.2. The minimum Gasteiger partial charge on any atom is -0.481 e. The number of likely N-dealkylation sites (tertiary alicyclic amines) is 1. The van der Waals surface area contributed by atoms with Crippen LogP contribution in [-0.4, -0.2) is 78.6 Å². The predicted molar refractivity (Wildman–Crippen MR) is 150 cm³/mol. The Bertz CT molecular complexity index is 1080. The molecule has 2 bridgehead atoms. The Kier molecular flexibility index (Phi) is 7.80. The van der Waals surface area contributed by atoms with Gasteiger partial charge in [0.25, 0.3) is 0 Å². The van der Waals surface area contributed by atoms with Gasteiger partial charge in [0, 0.05) is 17.3 Å². The number of hydrogen-bond donors (Lipinski definition) is 2. The van der Waals surface area contributed by atoms with Crippen LogP contribution in [0.4, 0.5) is 0 Å². The molecule has 38 heavy (non-hydrogen) atoms. The minimum atomic E-state index is -0.977. The normalized spacial score (nSPS) is 29.3. The van der Waals surface area contributed by atoms with E-state index in [-0.39, 0.29) is 29.1 Å². The van der Waals surface area contributed by atoms with Crippen molar-refractivity contribution in [1.29, 1.82) is 0 Å². The van der Waals surface area contributed by atoms with E-state index >= 15 is 0 Å². The van der Waals surface area contributed by atoms with E-state index < -0.39 is 40.2 Å². The summed E-state index contributed by atoms with van der Waals surface area (Å²) in [6.45, 7) is 14.4. The number of aliphatic hydroxyl groups excluding tert-OH is 1. The number of carboxylic acid groups (broad SMARTS) is 1. The van der Waals surface area contributed by atoms with Crippen molar-refractivity contribution < 1.29 is 24.6 Å². The van der Waals surface area contributed by atoms with Crippen molar-refractivity contribution in [2.45, 2.75) is 87.9 Å². The fraction of sp³-hybridized carbons (Fsp3) is 0.633. The zero-order valence-electron chi connectivity index (χ0n) is 23.2. The number of thioether (sulfide) groups is 1. The second-order valence-corrected chi connectivity index (χ2v) is 14.6. The van der Waals surface area contributed by atoms with Crippen LogP contribution in [0.3, 0.4) is 0 Å². The molecule has 0 saturated carbocycles. The minimum absolute atomic E-state index is 0.0505. The molecular formula is C30H42N2O5S. The molecule has 0 radical (unpaired) electrons. The summed E-state index contributed by atoms with van der Waals surface area (Å²) in [6, 6.07) is 8.12. The molecule has 3 saturated heterocycles. The second-order valence-electron chi connectivity index (χ2n) is 13.0. The smallest absolute Gasteiger partial charge is 0.308 e. The van der Waals surface area contributed by atoms with Crippen molar-refractivity contribution in [1.82, 2.24) is 9.80 Å². The molecule has 7 nitrogen and oxygen atoms in total. The zero-order chi connectivity index (χ0) is 28.0. The van der Waals surface area contributed by atoms with E-state index in [0.29, 0.717) is 25.8 Å². The van der Waals surface area contributed by atoms with Crippen LogP contribution in [0.25, 0.3) is 0 Å². The van der Waals surface area contributed by atoms with Crippen molar-refractivity contribution in [3.63, 3.8) is 0 Å². The first-order chi connectivity index (χ1) is 17.8. The Balaban J connectivity index is 1.81.